The number of carboxylic acids is 1. The van der Waals surface area contributed by atoms with E-state index in [4.69, 9.17) is 5.11 Å². The quantitative estimate of drug-likeness (QED) is 0.851. The van der Waals surface area contributed by atoms with E-state index in [9.17, 15) is 9.59 Å². The van der Waals surface area contributed by atoms with E-state index < -0.39 is 5.97 Å². The SMILES string of the molecule is CC1CCNC1C(=O)N1Cc2ccc(C(=O)O)cc2C1. The van der Waals surface area contributed by atoms with Gasteiger partial charge in [0.2, 0.25) is 5.91 Å². The number of carbonyl (C=O) groups excluding carboxylic acids is 1. The molecule has 2 unspecified atom stereocenters. The molecule has 2 aliphatic heterocycles. The third-order valence-corrected chi connectivity index (χ3v) is 4.29. The van der Waals surface area contributed by atoms with E-state index in [2.05, 4.69) is 12.2 Å². The van der Waals surface area contributed by atoms with Gasteiger partial charge in [-0.05, 0) is 42.1 Å². The summed E-state index contributed by atoms with van der Waals surface area (Å²) in [6.07, 6.45) is 1.03. The lowest BCUT2D eigenvalue weighted by atomic mass is 10.0. The molecule has 1 amide bonds. The van der Waals surface area contributed by atoms with E-state index in [-0.39, 0.29) is 17.5 Å². The molecule has 1 aromatic rings. The van der Waals surface area contributed by atoms with E-state index in [0.29, 0.717) is 19.0 Å². The molecule has 2 aliphatic rings. The van der Waals surface area contributed by atoms with Crippen LogP contribution in [0.4, 0.5) is 0 Å². The highest BCUT2D eigenvalue weighted by Crippen LogP contribution is 2.26. The number of benzene rings is 1. The Hall–Kier alpha value is -1.88. The van der Waals surface area contributed by atoms with E-state index in [0.717, 1.165) is 24.1 Å². The molecule has 3 rings (SSSR count). The molecule has 0 aromatic heterocycles. The van der Waals surface area contributed by atoms with Gasteiger partial charge in [-0.15, -0.1) is 0 Å². The molecule has 20 heavy (non-hydrogen) atoms. The second-order valence-electron chi connectivity index (χ2n) is 5.68. The van der Waals surface area contributed by atoms with Crippen LogP contribution in [0.15, 0.2) is 18.2 Å². The van der Waals surface area contributed by atoms with Crippen molar-refractivity contribution < 1.29 is 14.7 Å². The molecular weight excluding hydrogens is 256 g/mol. The largest absolute Gasteiger partial charge is 0.478 e. The average molecular weight is 274 g/mol. The lowest BCUT2D eigenvalue weighted by Gasteiger charge is -2.22. The van der Waals surface area contributed by atoms with Gasteiger partial charge in [-0.25, -0.2) is 4.79 Å². The summed E-state index contributed by atoms with van der Waals surface area (Å²) in [7, 11) is 0. The van der Waals surface area contributed by atoms with Crippen molar-refractivity contribution in [3.63, 3.8) is 0 Å². The minimum absolute atomic E-state index is 0.0942. The smallest absolute Gasteiger partial charge is 0.335 e. The fourth-order valence-corrected chi connectivity index (χ4v) is 3.05. The number of amides is 1. The standard InChI is InChI=1S/C15H18N2O3/c1-9-4-5-16-13(9)14(18)17-7-11-3-2-10(15(19)20)6-12(11)8-17/h2-3,6,9,13,16H,4-5,7-8H2,1H3,(H,19,20). The van der Waals surface area contributed by atoms with Gasteiger partial charge >= 0.3 is 5.97 Å². The van der Waals surface area contributed by atoms with Crippen molar-refractivity contribution in [2.24, 2.45) is 5.92 Å². The van der Waals surface area contributed by atoms with Crippen molar-refractivity contribution in [3.8, 4) is 0 Å². The van der Waals surface area contributed by atoms with Crippen molar-refractivity contribution in [2.45, 2.75) is 32.5 Å². The van der Waals surface area contributed by atoms with Gasteiger partial charge in [-0.2, -0.15) is 0 Å². The Morgan fingerprint density at radius 1 is 1.30 bits per heavy atom. The summed E-state index contributed by atoms with van der Waals surface area (Å²) in [5, 5.41) is 12.3. The monoisotopic (exact) mass is 274 g/mol. The number of carbonyl (C=O) groups is 2. The van der Waals surface area contributed by atoms with E-state index in [1.807, 2.05) is 11.0 Å². The van der Waals surface area contributed by atoms with Gasteiger partial charge in [-0.3, -0.25) is 4.79 Å². The van der Waals surface area contributed by atoms with Crippen LogP contribution < -0.4 is 5.32 Å². The van der Waals surface area contributed by atoms with E-state index >= 15 is 0 Å². The third-order valence-electron chi connectivity index (χ3n) is 4.29. The Kier molecular flexibility index (Phi) is 3.22. The first-order valence-electron chi connectivity index (χ1n) is 6.93. The van der Waals surface area contributed by atoms with Crippen molar-refractivity contribution in [1.29, 1.82) is 0 Å². The molecule has 1 aromatic carbocycles. The predicted molar refractivity (Wildman–Crippen MR) is 73.2 cm³/mol. The summed E-state index contributed by atoms with van der Waals surface area (Å²) >= 11 is 0. The second kappa shape index (κ2) is 4.90. The third kappa shape index (κ3) is 2.18. The summed E-state index contributed by atoms with van der Waals surface area (Å²) in [5.41, 5.74) is 2.28. The Balaban J connectivity index is 1.76. The van der Waals surface area contributed by atoms with Crippen molar-refractivity contribution >= 4 is 11.9 Å². The topological polar surface area (TPSA) is 69.6 Å². The van der Waals surface area contributed by atoms with Crippen LogP contribution in [0.3, 0.4) is 0 Å². The van der Waals surface area contributed by atoms with Crippen LogP contribution in [-0.4, -0.2) is 34.5 Å². The molecule has 2 heterocycles. The number of rotatable bonds is 2. The van der Waals surface area contributed by atoms with Crippen LogP contribution in [0.2, 0.25) is 0 Å². The number of carboxylic acid groups (broad SMARTS) is 1. The lowest BCUT2D eigenvalue weighted by Crippen LogP contribution is -2.43. The molecule has 1 fully saturated rings. The molecule has 0 spiro atoms. The first-order chi connectivity index (χ1) is 9.56. The number of nitrogens with zero attached hydrogens (tertiary/aromatic N) is 1. The van der Waals surface area contributed by atoms with Crippen LogP contribution in [0, 0.1) is 5.92 Å². The van der Waals surface area contributed by atoms with Crippen LogP contribution in [-0.2, 0) is 17.9 Å². The van der Waals surface area contributed by atoms with Gasteiger partial charge < -0.3 is 15.3 Å². The van der Waals surface area contributed by atoms with Gasteiger partial charge in [0.25, 0.3) is 0 Å². The molecule has 0 radical (unpaired) electrons. The summed E-state index contributed by atoms with van der Waals surface area (Å²) in [5.74, 6) is -0.437. The van der Waals surface area contributed by atoms with Crippen LogP contribution in [0.5, 0.6) is 0 Å². The van der Waals surface area contributed by atoms with Crippen molar-refractivity contribution in [1.82, 2.24) is 10.2 Å². The zero-order valence-electron chi connectivity index (χ0n) is 11.4. The minimum Gasteiger partial charge on any atom is -0.478 e. The fraction of sp³-hybridized carbons (Fsp3) is 0.467. The van der Waals surface area contributed by atoms with E-state index in [1.165, 1.54) is 0 Å². The fourth-order valence-electron chi connectivity index (χ4n) is 3.05. The number of hydrogen-bond acceptors (Lipinski definition) is 3. The van der Waals surface area contributed by atoms with Gasteiger partial charge in [0.15, 0.2) is 0 Å². The first kappa shape index (κ1) is 13.1. The van der Waals surface area contributed by atoms with Gasteiger partial charge in [0.1, 0.15) is 0 Å². The Morgan fingerprint density at radius 2 is 2.05 bits per heavy atom. The normalized spacial score (nSPS) is 24.8. The summed E-state index contributed by atoms with van der Waals surface area (Å²) < 4.78 is 0. The Morgan fingerprint density at radius 3 is 2.70 bits per heavy atom. The Bertz CT molecular complexity index is 570. The van der Waals surface area contributed by atoms with Crippen LogP contribution in [0.25, 0.3) is 0 Å². The average Bonchev–Trinajstić information content (AvgIpc) is 3.02. The maximum Gasteiger partial charge on any atom is 0.335 e. The van der Waals surface area contributed by atoms with Gasteiger partial charge in [0, 0.05) is 13.1 Å². The molecule has 0 aliphatic carbocycles. The molecule has 1 saturated heterocycles. The summed E-state index contributed by atoms with van der Waals surface area (Å²) in [4.78, 5) is 25.3. The van der Waals surface area contributed by atoms with Gasteiger partial charge in [-0.1, -0.05) is 13.0 Å². The van der Waals surface area contributed by atoms with Crippen molar-refractivity contribution in [3.05, 3.63) is 34.9 Å². The van der Waals surface area contributed by atoms with E-state index in [1.54, 1.807) is 12.1 Å². The lowest BCUT2D eigenvalue weighted by molar-refractivity contribution is -0.134. The zero-order valence-corrected chi connectivity index (χ0v) is 11.4. The van der Waals surface area contributed by atoms with Gasteiger partial charge in [0.05, 0.1) is 11.6 Å². The maximum absolute atomic E-state index is 12.5. The molecule has 5 heteroatoms. The highest BCUT2D eigenvalue weighted by Gasteiger charge is 2.34. The predicted octanol–water partition coefficient (Wildman–Crippen LogP) is 1.22. The summed E-state index contributed by atoms with van der Waals surface area (Å²) in [6.45, 7) is 4.08. The highest BCUT2D eigenvalue weighted by atomic mass is 16.4. The van der Waals surface area contributed by atoms with Crippen molar-refractivity contribution in [2.75, 3.05) is 6.54 Å². The number of hydrogen-bond donors (Lipinski definition) is 2. The highest BCUT2D eigenvalue weighted by molar-refractivity contribution is 5.88. The Labute approximate surface area is 117 Å². The molecule has 106 valence electrons. The summed E-state index contributed by atoms with van der Waals surface area (Å²) in [6, 6.07) is 5.00. The second-order valence-corrected chi connectivity index (χ2v) is 5.68. The molecule has 2 atom stereocenters. The molecular formula is C15H18N2O3. The van der Waals surface area contributed by atoms with Crippen LogP contribution >= 0.6 is 0 Å². The minimum atomic E-state index is -0.927. The maximum atomic E-state index is 12.5. The zero-order chi connectivity index (χ0) is 14.3. The molecule has 5 nitrogen and oxygen atoms in total. The number of fused-ring (bicyclic) bond motifs is 1. The number of aromatic carboxylic acids is 1. The molecule has 0 bridgehead atoms. The van der Waals surface area contributed by atoms with Crippen LogP contribution in [0.1, 0.15) is 34.8 Å². The molecule has 0 saturated carbocycles. The first-order valence-corrected chi connectivity index (χ1v) is 6.93. The molecule has 2 N–H and O–H groups in total. The number of nitrogens with one attached hydrogen (secondary N) is 1.